The highest BCUT2D eigenvalue weighted by atomic mass is 15.2. The first-order valence-corrected chi connectivity index (χ1v) is 6.63. The molecule has 1 heterocycles. The fourth-order valence-corrected chi connectivity index (χ4v) is 1.74. The molecule has 0 saturated carbocycles. The molecule has 3 heteroatoms. The van der Waals surface area contributed by atoms with Crippen LogP contribution in [0.1, 0.15) is 52.4 Å². The van der Waals surface area contributed by atoms with Gasteiger partial charge in [0.05, 0.1) is 0 Å². The topological polar surface area (TPSA) is 29.9 Å². The van der Waals surface area contributed by atoms with Crippen molar-refractivity contribution >= 4 is 5.95 Å². The normalized spacial score (nSPS) is 10.6. The molecule has 3 nitrogen and oxygen atoms in total. The maximum absolute atomic E-state index is 4.34. The number of aromatic nitrogens is 2. The Bertz CT molecular complexity index is 268. The van der Waals surface area contributed by atoms with Crippen LogP contribution in [0.4, 0.5) is 5.95 Å². The standard InChI is InChI=1S/C13H25N3/c1-3-5-7-8-11-16-12-10-15-13(16)14-9-6-4-2/h10,12H,3-9,11H2,1-2H3,(H,14,15). The summed E-state index contributed by atoms with van der Waals surface area (Å²) < 4.78 is 2.23. The van der Waals surface area contributed by atoms with Gasteiger partial charge in [-0.25, -0.2) is 4.98 Å². The lowest BCUT2D eigenvalue weighted by Crippen LogP contribution is -2.08. The molecule has 0 fully saturated rings. The molecule has 0 aromatic carbocycles. The number of imidazole rings is 1. The zero-order valence-corrected chi connectivity index (χ0v) is 10.7. The molecule has 92 valence electrons. The first kappa shape index (κ1) is 13.1. The molecule has 0 radical (unpaired) electrons. The summed E-state index contributed by atoms with van der Waals surface area (Å²) in [5.74, 6) is 1.03. The zero-order valence-electron chi connectivity index (χ0n) is 10.7. The molecule has 1 aromatic heterocycles. The average Bonchev–Trinajstić information content (AvgIpc) is 2.73. The molecule has 0 unspecified atom stereocenters. The van der Waals surface area contributed by atoms with Gasteiger partial charge in [0.2, 0.25) is 5.95 Å². The summed E-state index contributed by atoms with van der Waals surface area (Å²) >= 11 is 0. The van der Waals surface area contributed by atoms with E-state index in [1.165, 1.54) is 38.5 Å². The van der Waals surface area contributed by atoms with E-state index >= 15 is 0 Å². The van der Waals surface area contributed by atoms with Gasteiger partial charge in [-0.2, -0.15) is 0 Å². The van der Waals surface area contributed by atoms with Crippen LogP contribution in [0.5, 0.6) is 0 Å². The number of aryl methyl sites for hydroxylation is 1. The average molecular weight is 223 g/mol. The molecule has 0 aliphatic carbocycles. The predicted octanol–water partition coefficient (Wildman–Crippen LogP) is 3.68. The summed E-state index contributed by atoms with van der Waals surface area (Å²) in [6.07, 6.45) is 11.6. The highest BCUT2D eigenvalue weighted by Crippen LogP contribution is 2.08. The van der Waals surface area contributed by atoms with Crippen LogP contribution in [-0.4, -0.2) is 16.1 Å². The number of anilines is 1. The Kier molecular flexibility index (Phi) is 6.70. The van der Waals surface area contributed by atoms with Gasteiger partial charge in [-0.05, 0) is 12.8 Å². The molecule has 1 N–H and O–H groups in total. The van der Waals surface area contributed by atoms with E-state index in [0.717, 1.165) is 19.0 Å². The fraction of sp³-hybridized carbons (Fsp3) is 0.769. The van der Waals surface area contributed by atoms with Crippen molar-refractivity contribution in [1.82, 2.24) is 9.55 Å². The maximum atomic E-state index is 4.34. The highest BCUT2D eigenvalue weighted by Gasteiger charge is 2.00. The van der Waals surface area contributed by atoms with Crippen molar-refractivity contribution in [3.63, 3.8) is 0 Å². The van der Waals surface area contributed by atoms with E-state index in [0.29, 0.717) is 0 Å². The lowest BCUT2D eigenvalue weighted by atomic mass is 10.2. The zero-order chi connectivity index (χ0) is 11.6. The molecule has 1 rings (SSSR count). The summed E-state index contributed by atoms with van der Waals surface area (Å²) in [5, 5.41) is 3.39. The van der Waals surface area contributed by atoms with E-state index in [-0.39, 0.29) is 0 Å². The Morgan fingerprint density at radius 1 is 1.12 bits per heavy atom. The van der Waals surface area contributed by atoms with Crippen molar-refractivity contribution in [1.29, 1.82) is 0 Å². The number of nitrogens with zero attached hydrogens (tertiary/aromatic N) is 2. The molecule has 1 aromatic rings. The third kappa shape index (κ3) is 4.69. The van der Waals surface area contributed by atoms with Crippen molar-refractivity contribution < 1.29 is 0 Å². The smallest absolute Gasteiger partial charge is 0.202 e. The lowest BCUT2D eigenvalue weighted by molar-refractivity contribution is 0.584. The minimum absolute atomic E-state index is 1.03. The van der Waals surface area contributed by atoms with Crippen LogP contribution in [0.15, 0.2) is 12.4 Å². The predicted molar refractivity (Wildman–Crippen MR) is 69.8 cm³/mol. The Balaban J connectivity index is 2.26. The number of hydrogen-bond donors (Lipinski definition) is 1. The minimum Gasteiger partial charge on any atom is -0.356 e. The van der Waals surface area contributed by atoms with E-state index in [9.17, 15) is 0 Å². The molecule has 0 spiro atoms. The van der Waals surface area contributed by atoms with Gasteiger partial charge < -0.3 is 9.88 Å². The summed E-state index contributed by atoms with van der Waals surface area (Å²) in [6.45, 7) is 6.57. The second kappa shape index (κ2) is 8.20. The van der Waals surface area contributed by atoms with Gasteiger partial charge >= 0.3 is 0 Å². The van der Waals surface area contributed by atoms with E-state index in [2.05, 4.69) is 34.9 Å². The molecule has 0 atom stereocenters. The van der Waals surface area contributed by atoms with Crippen LogP contribution in [0.3, 0.4) is 0 Å². The molecule has 0 amide bonds. The maximum Gasteiger partial charge on any atom is 0.202 e. The van der Waals surface area contributed by atoms with Gasteiger partial charge in [-0.15, -0.1) is 0 Å². The number of hydrogen-bond acceptors (Lipinski definition) is 2. The van der Waals surface area contributed by atoms with Crippen molar-refractivity contribution in [3.8, 4) is 0 Å². The number of unbranched alkanes of at least 4 members (excludes halogenated alkanes) is 4. The van der Waals surface area contributed by atoms with Crippen LogP contribution >= 0.6 is 0 Å². The summed E-state index contributed by atoms with van der Waals surface area (Å²) in [4.78, 5) is 4.34. The monoisotopic (exact) mass is 223 g/mol. The molecule has 0 aliphatic rings. The number of rotatable bonds is 9. The number of nitrogens with one attached hydrogen (secondary N) is 1. The molecule has 0 aliphatic heterocycles. The van der Waals surface area contributed by atoms with Gasteiger partial charge in [-0.3, -0.25) is 0 Å². The summed E-state index contributed by atoms with van der Waals surface area (Å²) in [5.41, 5.74) is 0. The molecular weight excluding hydrogens is 198 g/mol. The Morgan fingerprint density at radius 2 is 1.94 bits per heavy atom. The van der Waals surface area contributed by atoms with Crippen LogP contribution < -0.4 is 5.32 Å². The Hall–Kier alpha value is -0.990. The third-order valence-corrected chi connectivity index (χ3v) is 2.78. The molecule has 16 heavy (non-hydrogen) atoms. The van der Waals surface area contributed by atoms with Crippen LogP contribution in [0.2, 0.25) is 0 Å². The van der Waals surface area contributed by atoms with Gasteiger partial charge in [0.25, 0.3) is 0 Å². The molecular formula is C13H25N3. The van der Waals surface area contributed by atoms with Gasteiger partial charge in [0, 0.05) is 25.5 Å². The molecule has 0 bridgehead atoms. The highest BCUT2D eigenvalue weighted by molar-refractivity contribution is 5.25. The third-order valence-electron chi connectivity index (χ3n) is 2.78. The first-order chi connectivity index (χ1) is 7.88. The van der Waals surface area contributed by atoms with E-state index in [4.69, 9.17) is 0 Å². The minimum atomic E-state index is 1.03. The van der Waals surface area contributed by atoms with Gasteiger partial charge in [0.15, 0.2) is 0 Å². The SMILES string of the molecule is CCCCCCn1ccnc1NCCCC. The van der Waals surface area contributed by atoms with Crippen molar-refractivity contribution in [3.05, 3.63) is 12.4 Å². The first-order valence-electron chi connectivity index (χ1n) is 6.63. The van der Waals surface area contributed by atoms with Crippen molar-refractivity contribution in [2.45, 2.75) is 58.9 Å². The van der Waals surface area contributed by atoms with Crippen molar-refractivity contribution in [2.75, 3.05) is 11.9 Å². The second-order valence-electron chi connectivity index (χ2n) is 4.29. The van der Waals surface area contributed by atoms with Gasteiger partial charge in [0.1, 0.15) is 0 Å². The van der Waals surface area contributed by atoms with E-state index in [1.54, 1.807) is 0 Å². The van der Waals surface area contributed by atoms with E-state index in [1.807, 2.05) is 6.20 Å². The Labute approximate surface area is 99.3 Å². The Morgan fingerprint density at radius 3 is 2.69 bits per heavy atom. The van der Waals surface area contributed by atoms with Crippen LogP contribution in [0, 0.1) is 0 Å². The quantitative estimate of drug-likeness (QED) is 0.647. The second-order valence-corrected chi connectivity index (χ2v) is 4.29. The van der Waals surface area contributed by atoms with E-state index < -0.39 is 0 Å². The fourth-order valence-electron chi connectivity index (χ4n) is 1.74. The largest absolute Gasteiger partial charge is 0.356 e. The molecule has 0 saturated heterocycles. The summed E-state index contributed by atoms with van der Waals surface area (Å²) in [6, 6.07) is 0. The summed E-state index contributed by atoms with van der Waals surface area (Å²) in [7, 11) is 0. The lowest BCUT2D eigenvalue weighted by Gasteiger charge is -2.09. The van der Waals surface area contributed by atoms with Crippen LogP contribution in [0.25, 0.3) is 0 Å². The van der Waals surface area contributed by atoms with Crippen molar-refractivity contribution in [2.24, 2.45) is 0 Å². The van der Waals surface area contributed by atoms with Crippen LogP contribution in [-0.2, 0) is 6.54 Å². The van der Waals surface area contributed by atoms with Gasteiger partial charge in [-0.1, -0.05) is 39.5 Å².